The molecule has 0 aliphatic carbocycles. The molecule has 3 atom stereocenters. The van der Waals surface area contributed by atoms with Crippen LogP contribution >= 0.6 is 0 Å². The molecule has 1 fully saturated rings. The van der Waals surface area contributed by atoms with Crippen LogP contribution in [-0.2, 0) is 11.0 Å². The van der Waals surface area contributed by atoms with Crippen molar-refractivity contribution in [1.82, 2.24) is 4.31 Å². The van der Waals surface area contributed by atoms with E-state index in [0.29, 0.717) is 5.75 Å². The second-order valence-corrected chi connectivity index (χ2v) is 5.64. The summed E-state index contributed by atoms with van der Waals surface area (Å²) in [6.07, 6.45) is -0.231. The summed E-state index contributed by atoms with van der Waals surface area (Å²) >= 11 is 0. The number of nitrogens with zero attached hydrogens (tertiary/aromatic N) is 1. The van der Waals surface area contributed by atoms with Crippen LogP contribution in [0.1, 0.15) is 20.8 Å². The molecule has 3 unspecified atom stereocenters. The van der Waals surface area contributed by atoms with Gasteiger partial charge in [0, 0.05) is 18.8 Å². The summed E-state index contributed by atoms with van der Waals surface area (Å²) in [5.74, 6) is 1.15. The molecule has 1 aliphatic rings. The Balaban J connectivity index is 2.58. The predicted octanol–water partition coefficient (Wildman–Crippen LogP) is 0.619. The van der Waals surface area contributed by atoms with E-state index in [0.717, 1.165) is 13.1 Å². The number of aliphatic hydroxyl groups is 1. The van der Waals surface area contributed by atoms with Crippen molar-refractivity contribution in [2.75, 3.05) is 18.8 Å². The molecule has 1 saturated heterocycles. The molecule has 0 aromatic heterocycles. The highest BCUT2D eigenvalue weighted by molar-refractivity contribution is 7.82. The summed E-state index contributed by atoms with van der Waals surface area (Å²) in [7, 11) is -0.848. The Kier molecular flexibility index (Phi) is 3.88. The molecule has 0 aromatic rings. The van der Waals surface area contributed by atoms with Gasteiger partial charge in [0.05, 0.1) is 17.1 Å². The smallest absolute Gasteiger partial charge is 0.0939 e. The van der Waals surface area contributed by atoms with Crippen molar-refractivity contribution in [3.63, 3.8) is 0 Å². The van der Waals surface area contributed by atoms with Crippen LogP contribution in [-0.4, -0.2) is 38.6 Å². The molecule has 3 nitrogen and oxygen atoms in total. The van der Waals surface area contributed by atoms with Gasteiger partial charge in [0.25, 0.3) is 0 Å². The van der Waals surface area contributed by atoms with Crippen LogP contribution in [0.3, 0.4) is 0 Å². The Morgan fingerprint density at radius 1 is 1.38 bits per heavy atom. The maximum Gasteiger partial charge on any atom is 0.0939 e. The van der Waals surface area contributed by atoms with Crippen molar-refractivity contribution in [3.8, 4) is 0 Å². The van der Waals surface area contributed by atoms with Crippen molar-refractivity contribution in [2.45, 2.75) is 26.9 Å². The first kappa shape index (κ1) is 11.1. The zero-order valence-electron chi connectivity index (χ0n) is 8.56. The van der Waals surface area contributed by atoms with Gasteiger partial charge >= 0.3 is 0 Å². The molecular weight excluding hydrogens is 186 g/mol. The van der Waals surface area contributed by atoms with Crippen molar-refractivity contribution in [3.05, 3.63) is 0 Å². The molecule has 0 bridgehead atoms. The molecule has 1 N–H and O–H groups in total. The highest BCUT2D eigenvalue weighted by atomic mass is 32.2. The maximum atomic E-state index is 11.5. The van der Waals surface area contributed by atoms with Crippen molar-refractivity contribution in [1.29, 1.82) is 0 Å². The Hall–Kier alpha value is 0.0700. The van der Waals surface area contributed by atoms with Crippen LogP contribution in [0.15, 0.2) is 0 Å². The van der Waals surface area contributed by atoms with E-state index in [4.69, 9.17) is 0 Å². The van der Waals surface area contributed by atoms with Crippen molar-refractivity contribution in [2.24, 2.45) is 11.8 Å². The molecule has 0 amide bonds. The fourth-order valence-corrected chi connectivity index (χ4v) is 3.01. The molecule has 13 heavy (non-hydrogen) atoms. The van der Waals surface area contributed by atoms with Gasteiger partial charge < -0.3 is 5.11 Å². The van der Waals surface area contributed by atoms with E-state index in [1.165, 1.54) is 0 Å². The molecule has 78 valence electrons. The summed E-state index contributed by atoms with van der Waals surface area (Å²) in [5, 5.41) is 9.69. The van der Waals surface area contributed by atoms with Crippen LogP contribution in [0.2, 0.25) is 0 Å². The topological polar surface area (TPSA) is 40.5 Å². The molecule has 1 heterocycles. The fraction of sp³-hybridized carbons (Fsp3) is 1.00. The minimum absolute atomic E-state index is 0.231. The number of rotatable bonds is 2. The zero-order chi connectivity index (χ0) is 10.0. The fourth-order valence-electron chi connectivity index (χ4n) is 1.84. The van der Waals surface area contributed by atoms with Crippen molar-refractivity contribution >= 4 is 11.0 Å². The van der Waals surface area contributed by atoms with E-state index in [1.807, 2.05) is 25.1 Å². The lowest BCUT2D eigenvalue weighted by atomic mass is 9.90. The van der Waals surface area contributed by atoms with Crippen LogP contribution in [0.25, 0.3) is 0 Å². The van der Waals surface area contributed by atoms with E-state index < -0.39 is 11.0 Å². The first-order chi connectivity index (χ1) is 6.06. The molecule has 0 spiro atoms. The molecule has 1 aliphatic heterocycles. The van der Waals surface area contributed by atoms with E-state index in [-0.39, 0.29) is 17.9 Å². The summed E-state index contributed by atoms with van der Waals surface area (Å²) in [6, 6.07) is 0. The van der Waals surface area contributed by atoms with Gasteiger partial charge in [-0.1, -0.05) is 20.8 Å². The third kappa shape index (κ3) is 2.51. The van der Waals surface area contributed by atoms with Gasteiger partial charge in [0.15, 0.2) is 0 Å². The SMILES string of the molecule is CCS(=O)N1CC(C)C(O)C(C)C1. The quantitative estimate of drug-likeness (QED) is 0.718. The van der Waals surface area contributed by atoms with Crippen LogP contribution < -0.4 is 0 Å². The normalized spacial score (nSPS) is 38.9. The number of hydrogen-bond acceptors (Lipinski definition) is 2. The highest BCUT2D eigenvalue weighted by Gasteiger charge is 2.32. The molecule has 4 heteroatoms. The zero-order valence-corrected chi connectivity index (χ0v) is 9.38. The largest absolute Gasteiger partial charge is 0.392 e. The molecular formula is C9H19NO2S. The Morgan fingerprint density at radius 3 is 2.23 bits per heavy atom. The second kappa shape index (κ2) is 4.53. The summed E-state index contributed by atoms with van der Waals surface area (Å²) in [6.45, 7) is 7.47. The van der Waals surface area contributed by atoms with Gasteiger partial charge in [-0.3, -0.25) is 0 Å². The average molecular weight is 205 g/mol. The lowest BCUT2D eigenvalue weighted by Gasteiger charge is -2.37. The van der Waals surface area contributed by atoms with Crippen LogP contribution in [0.5, 0.6) is 0 Å². The van der Waals surface area contributed by atoms with Gasteiger partial charge in [-0.05, 0) is 11.8 Å². The average Bonchev–Trinajstić information content (AvgIpc) is 2.12. The molecule has 0 radical (unpaired) electrons. The number of hydrogen-bond donors (Lipinski definition) is 1. The maximum absolute atomic E-state index is 11.5. The highest BCUT2D eigenvalue weighted by Crippen LogP contribution is 2.22. The minimum Gasteiger partial charge on any atom is -0.392 e. The first-order valence-electron chi connectivity index (χ1n) is 4.87. The first-order valence-corrected chi connectivity index (χ1v) is 6.15. The van der Waals surface area contributed by atoms with Crippen LogP contribution in [0, 0.1) is 11.8 Å². The van der Waals surface area contributed by atoms with E-state index in [1.54, 1.807) is 0 Å². The summed E-state index contributed by atoms with van der Waals surface area (Å²) in [5.41, 5.74) is 0. The third-order valence-electron chi connectivity index (χ3n) is 2.68. The standard InChI is InChI=1S/C9H19NO2S/c1-4-13(12)10-5-7(2)9(11)8(3)6-10/h7-9,11H,4-6H2,1-3H3. The van der Waals surface area contributed by atoms with E-state index in [9.17, 15) is 9.32 Å². The monoisotopic (exact) mass is 205 g/mol. The summed E-state index contributed by atoms with van der Waals surface area (Å²) in [4.78, 5) is 0. The Labute approximate surface area is 82.7 Å². The predicted molar refractivity (Wildman–Crippen MR) is 54.6 cm³/mol. The number of aliphatic hydroxyl groups excluding tert-OH is 1. The number of piperidine rings is 1. The van der Waals surface area contributed by atoms with Gasteiger partial charge in [-0.25, -0.2) is 8.51 Å². The van der Waals surface area contributed by atoms with Gasteiger partial charge in [-0.2, -0.15) is 0 Å². The van der Waals surface area contributed by atoms with Crippen LogP contribution in [0.4, 0.5) is 0 Å². The Bertz CT molecular complexity index is 186. The lowest BCUT2D eigenvalue weighted by Crippen LogP contribution is -2.48. The van der Waals surface area contributed by atoms with Crippen molar-refractivity contribution < 1.29 is 9.32 Å². The third-order valence-corrected chi connectivity index (χ3v) is 4.05. The Morgan fingerprint density at radius 2 is 1.85 bits per heavy atom. The second-order valence-electron chi connectivity index (χ2n) is 3.90. The molecule has 0 aromatic carbocycles. The van der Waals surface area contributed by atoms with E-state index >= 15 is 0 Å². The van der Waals surface area contributed by atoms with Gasteiger partial charge in [-0.15, -0.1) is 0 Å². The van der Waals surface area contributed by atoms with Gasteiger partial charge in [0.2, 0.25) is 0 Å². The molecule has 1 rings (SSSR count). The minimum atomic E-state index is -0.848. The van der Waals surface area contributed by atoms with E-state index in [2.05, 4.69) is 0 Å². The van der Waals surface area contributed by atoms with Gasteiger partial charge in [0.1, 0.15) is 0 Å². The lowest BCUT2D eigenvalue weighted by molar-refractivity contribution is 0.0192. The summed E-state index contributed by atoms with van der Waals surface area (Å²) < 4.78 is 13.5. The molecule has 0 saturated carbocycles.